The Labute approximate surface area is 93.4 Å². The number of benzene rings is 1. The number of nitrogens with one attached hydrogen (secondary N) is 1. The van der Waals surface area contributed by atoms with Gasteiger partial charge in [-0.3, -0.25) is 4.55 Å². The molecule has 0 aliphatic heterocycles. The standard InChI is InChI=1S/C7H5ClN2O2S.CH4O/c8-4-2-1-3-5-6(4)10-7(9-5)13(11)12;1-2/h1-3H,(H,9,10)(H,11,12);2H,1H3. The molecule has 0 spiro atoms. The van der Waals surface area contributed by atoms with Crippen molar-refractivity contribution in [1.29, 1.82) is 0 Å². The van der Waals surface area contributed by atoms with Crippen molar-refractivity contribution in [1.82, 2.24) is 9.97 Å². The number of H-pyrrole nitrogens is 1. The summed E-state index contributed by atoms with van der Waals surface area (Å²) in [5, 5.41) is 7.48. The van der Waals surface area contributed by atoms with E-state index in [4.69, 9.17) is 21.3 Å². The lowest BCUT2D eigenvalue weighted by Crippen LogP contribution is -1.89. The number of aromatic amines is 1. The van der Waals surface area contributed by atoms with Crippen LogP contribution in [0.1, 0.15) is 0 Å². The van der Waals surface area contributed by atoms with Gasteiger partial charge in [-0.1, -0.05) is 17.7 Å². The van der Waals surface area contributed by atoms with E-state index in [-0.39, 0.29) is 5.16 Å². The van der Waals surface area contributed by atoms with Crippen LogP contribution in [-0.2, 0) is 11.1 Å². The van der Waals surface area contributed by atoms with Crippen LogP contribution < -0.4 is 0 Å². The van der Waals surface area contributed by atoms with Crippen LogP contribution in [0.2, 0.25) is 5.02 Å². The van der Waals surface area contributed by atoms with E-state index in [1.165, 1.54) is 0 Å². The van der Waals surface area contributed by atoms with Gasteiger partial charge < -0.3 is 10.1 Å². The Hall–Kier alpha value is -0.950. The molecule has 2 rings (SSSR count). The third kappa shape index (κ3) is 2.54. The second-order valence-corrected chi connectivity index (χ2v) is 3.72. The molecule has 0 radical (unpaired) electrons. The van der Waals surface area contributed by atoms with Crippen LogP contribution >= 0.6 is 11.6 Å². The highest BCUT2D eigenvalue weighted by atomic mass is 35.5. The number of nitrogens with zero attached hydrogens (tertiary/aromatic N) is 1. The minimum atomic E-state index is -2.10. The molecule has 1 atom stereocenters. The van der Waals surface area contributed by atoms with E-state index in [0.29, 0.717) is 16.1 Å². The minimum Gasteiger partial charge on any atom is -0.400 e. The molecule has 5 nitrogen and oxygen atoms in total. The van der Waals surface area contributed by atoms with Crippen LogP contribution in [0.4, 0.5) is 0 Å². The number of rotatable bonds is 1. The van der Waals surface area contributed by atoms with Gasteiger partial charge in [-0.05, 0) is 12.1 Å². The van der Waals surface area contributed by atoms with Crippen molar-refractivity contribution in [3.8, 4) is 0 Å². The predicted molar refractivity (Wildman–Crippen MR) is 58.3 cm³/mol. The minimum absolute atomic E-state index is 0.0168. The number of imidazole rings is 1. The van der Waals surface area contributed by atoms with E-state index in [1.54, 1.807) is 18.2 Å². The highest BCUT2D eigenvalue weighted by Gasteiger charge is 2.08. The molecule has 0 aliphatic rings. The summed E-state index contributed by atoms with van der Waals surface area (Å²) in [6, 6.07) is 5.16. The van der Waals surface area contributed by atoms with Crippen molar-refractivity contribution in [3.63, 3.8) is 0 Å². The predicted octanol–water partition coefficient (Wildman–Crippen LogP) is 1.41. The van der Waals surface area contributed by atoms with Crippen LogP contribution in [0.15, 0.2) is 23.4 Å². The van der Waals surface area contributed by atoms with Crippen LogP contribution in [0.3, 0.4) is 0 Å². The van der Waals surface area contributed by atoms with Gasteiger partial charge in [-0.15, -0.1) is 0 Å². The molecular formula is C8H9ClN2O3S. The molecule has 0 fully saturated rings. The number of aliphatic hydroxyl groups is 1. The highest BCUT2D eigenvalue weighted by Crippen LogP contribution is 2.21. The fraction of sp³-hybridized carbons (Fsp3) is 0.125. The molecule has 3 N–H and O–H groups in total. The van der Waals surface area contributed by atoms with E-state index in [0.717, 1.165) is 7.11 Å². The number of halogens is 1. The average Bonchev–Trinajstić information content (AvgIpc) is 2.66. The quantitative estimate of drug-likeness (QED) is 0.666. The number of hydrogen-bond donors (Lipinski definition) is 3. The maximum absolute atomic E-state index is 10.7. The van der Waals surface area contributed by atoms with Crippen LogP contribution in [-0.4, -0.2) is 30.9 Å². The maximum atomic E-state index is 10.7. The molecule has 2 aromatic rings. The summed E-state index contributed by atoms with van der Waals surface area (Å²) in [6.45, 7) is 0. The first-order chi connectivity index (χ1) is 7.18. The van der Waals surface area contributed by atoms with Gasteiger partial charge in [0, 0.05) is 7.11 Å². The molecule has 1 unspecified atom stereocenters. The molecule has 0 aliphatic carbocycles. The summed E-state index contributed by atoms with van der Waals surface area (Å²) in [4.78, 5) is 6.56. The average molecular weight is 249 g/mol. The summed E-state index contributed by atoms with van der Waals surface area (Å²) in [6.07, 6.45) is 0. The third-order valence-electron chi connectivity index (χ3n) is 1.61. The Balaban J connectivity index is 0.000000531. The molecule has 0 saturated carbocycles. The molecule has 0 saturated heterocycles. The number of aliphatic hydroxyl groups excluding tert-OH is 1. The van der Waals surface area contributed by atoms with E-state index >= 15 is 0 Å². The SMILES string of the molecule is CO.O=S(O)c1nc2c(Cl)cccc2[nH]1. The lowest BCUT2D eigenvalue weighted by Gasteiger charge is -1.87. The summed E-state index contributed by atoms with van der Waals surface area (Å²) in [5.74, 6) is 0. The highest BCUT2D eigenvalue weighted by molar-refractivity contribution is 7.79. The van der Waals surface area contributed by atoms with Gasteiger partial charge in [0.2, 0.25) is 16.2 Å². The Morgan fingerprint density at radius 2 is 2.13 bits per heavy atom. The van der Waals surface area contributed by atoms with E-state index in [2.05, 4.69) is 9.97 Å². The normalized spacial score (nSPS) is 12.0. The van der Waals surface area contributed by atoms with Crippen molar-refractivity contribution in [2.75, 3.05) is 7.11 Å². The van der Waals surface area contributed by atoms with Crippen molar-refractivity contribution < 1.29 is 13.9 Å². The van der Waals surface area contributed by atoms with E-state index in [1.807, 2.05) is 0 Å². The summed E-state index contributed by atoms with van der Waals surface area (Å²) < 4.78 is 19.4. The second-order valence-electron chi connectivity index (χ2n) is 2.43. The summed E-state index contributed by atoms with van der Waals surface area (Å²) in [7, 11) is 1.00. The third-order valence-corrected chi connectivity index (χ3v) is 2.44. The second kappa shape index (κ2) is 5.22. The first kappa shape index (κ1) is 12.1. The van der Waals surface area contributed by atoms with Gasteiger partial charge in [-0.2, -0.15) is 0 Å². The van der Waals surface area contributed by atoms with Crippen molar-refractivity contribution in [2.45, 2.75) is 5.16 Å². The van der Waals surface area contributed by atoms with Gasteiger partial charge in [0.25, 0.3) is 0 Å². The zero-order chi connectivity index (χ0) is 11.4. The van der Waals surface area contributed by atoms with Gasteiger partial charge in [0.05, 0.1) is 10.5 Å². The molecule has 0 amide bonds. The molecule has 82 valence electrons. The smallest absolute Gasteiger partial charge is 0.225 e. The monoisotopic (exact) mass is 248 g/mol. The first-order valence-corrected chi connectivity index (χ1v) is 5.37. The zero-order valence-electron chi connectivity index (χ0n) is 7.77. The fourth-order valence-corrected chi connectivity index (χ4v) is 1.64. The molecule has 1 heterocycles. The number of fused-ring (bicyclic) bond motifs is 1. The van der Waals surface area contributed by atoms with Crippen LogP contribution in [0, 0.1) is 0 Å². The first-order valence-electron chi connectivity index (χ1n) is 3.88. The maximum Gasteiger partial charge on any atom is 0.225 e. The number of aromatic nitrogens is 2. The molecule has 1 aromatic heterocycles. The Morgan fingerprint density at radius 1 is 1.47 bits per heavy atom. The Morgan fingerprint density at radius 3 is 2.67 bits per heavy atom. The van der Waals surface area contributed by atoms with E-state index in [9.17, 15) is 4.21 Å². The van der Waals surface area contributed by atoms with Gasteiger partial charge >= 0.3 is 0 Å². The van der Waals surface area contributed by atoms with Gasteiger partial charge in [0.1, 0.15) is 5.52 Å². The lowest BCUT2D eigenvalue weighted by atomic mass is 10.3. The van der Waals surface area contributed by atoms with Gasteiger partial charge in [-0.25, -0.2) is 9.19 Å². The number of hydrogen-bond acceptors (Lipinski definition) is 3. The molecule has 15 heavy (non-hydrogen) atoms. The molecular weight excluding hydrogens is 240 g/mol. The van der Waals surface area contributed by atoms with Gasteiger partial charge in [0.15, 0.2) is 0 Å². The fourth-order valence-electron chi connectivity index (χ4n) is 1.06. The van der Waals surface area contributed by atoms with Crippen LogP contribution in [0.5, 0.6) is 0 Å². The largest absolute Gasteiger partial charge is 0.400 e. The number of para-hydroxylation sites is 1. The molecule has 1 aromatic carbocycles. The summed E-state index contributed by atoms with van der Waals surface area (Å²) in [5.41, 5.74) is 1.17. The van der Waals surface area contributed by atoms with E-state index < -0.39 is 11.1 Å². The van der Waals surface area contributed by atoms with Crippen molar-refractivity contribution in [2.24, 2.45) is 0 Å². The van der Waals surface area contributed by atoms with Crippen molar-refractivity contribution >= 4 is 33.7 Å². The molecule has 0 bridgehead atoms. The topological polar surface area (TPSA) is 86.2 Å². The van der Waals surface area contributed by atoms with Crippen LogP contribution in [0.25, 0.3) is 11.0 Å². The lowest BCUT2D eigenvalue weighted by molar-refractivity contribution is 0.399. The molecule has 7 heteroatoms. The zero-order valence-corrected chi connectivity index (χ0v) is 9.34. The summed E-state index contributed by atoms with van der Waals surface area (Å²) >= 11 is 3.72. The van der Waals surface area contributed by atoms with Crippen molar-refractivity contribution in [3.05, 3.63) is 23.2 Å². The Bertz CT molecular complexity index is 486. The Kier molecular flexibility index (Phi) is 4.22.